The van der Waals surface area contributed by atoms with Gasteiger partial charge in [0, 0.05) is 0 Å². The summed E-state index contributed by atoms with van der Waals surface area (Å²) in [7, 11) is -21.3. The van der Waals surface area contributed by atoms with Gasteiger partial charge in [-0.1, -0.05) is 11.6 Å². The van der Waals surface area contributed by atoms with E-state index in [9.17, 15) is 54.8 Å². The molecule has 3 rings (SSSR count). The molecular formula is C7H14ClF13N2P2. The zero-order valence-electron chi connectivity index (χ0n) is 12.0. The van der Waals surface area contributed by atoms with Gasteiger partial charge in [0.05, 0.1) is 0 Å². The van der Waals surface area contributed by atoms with Crippen LogP contribution in [0.2, 0.25) is 0 Å². The number of hydrogen-bond acceptors (Lipinski definition) is 0. The molecule has 3 heterocycles. The summed E-state index contributed by atoms with van der Waals surface area (Å²) < 4.78 is 133. The summed E-state index contributed by atoms with van der Waals surface area (Å²) in [4.78, 5) is 0. The first kappa shape index (κ1) is 25.2. The Kier molecular flexibility index (Phi) is 5.40. The number of fused-ring (bicyclic) bond motifs is 3. The molecule has 3 aliphatic heterocycles. The van der Waals surface area contributed by atoms with E-state index in [0.29, 0.717) is 25.6 Å². The van der Waals surface area contributed by atoms with Crippen molar-refractivity contribution in [1.82, 2.24) is 0 Å². The van der Waals surface area contributed by atoms with Gasteiger partial charge in [-0.05, 0) is 4.48 Å². The number of rotatable bonds is 1. The molecule has 3 fully saturated rings. The average Bonchev–Trinajstić information content (AvgIpc) is 2.22. The topological polar surface area (TPSA) is 0 Å². The van der Waals surface area contributed by atoms with Crippen LogP contribution in [0.25, 0.3) is 0 Å². The number of hydrogen-bond donors (Lipinski definition) is 0. The second kappa shape index (κ2) is 5.36. The van der Waals surface area contributed by atoms with Crippen molar-refractivity contribution >= 4 is 27.2 Å². The minimum absolute atomic E-state index is 0.198. The van der Waals surface area contributed by atoms with Gasteiger partial charge in [-0.3, -0.25) is 4.48 Å². The number of alkyl halides is 1. The Labute approximate surface area is 137 Å². The summed E-state index contributed by atoms with van der Waals surface area (Å²) >= 11 is 5.85. The van der Waals surface area contributed by atoms with E-state index in [1.807, 2.05) is 0 Å². The molecule has 0 aromatic rings. The summed E-state index contributed by atoms with van der Waals surface area (Å²) in [5.74, 6) is 0. The predicted octanol–water partition coefficient (Wildman–Crippen LogP) is 7.49. The molecular weight excluding hydrogens is 456 g/mol. The molecule has 0 N–H and O–H groups in total. The monoisotopic (exact) mass is 470 g/mol. The molecule has 3 saturated heterocycles. The molecule has 0 aromatic heterocycles. The van der Waals surface area contributed by atoms with Crippen molar-refractivity contribution in [3.63, 3.8) is 0 Å². The second-order valence-electron chi connectivity index (χ2n) is 5.75. The molecule has 0 saturated carbocycles. The molecule has 0 spiro atoms. The number of nitrogens with zero attached hydrogens (tertiary/aromatic N) is 2. The SMILES string of the molecule is F[N+]12CC[N+](CCl)(CC1)CC2.F[P-](F)(F)(F)(F)F.F[P-](F)(F)(F)(F)F. The van der Waals surface area contributed by atoms with Crippen molar-refractivity contribution in [2.45, 2.75) is 0 Å². The molecule has 0 aliphatic carbocycles. The quantitative estimate of drug-likeness (QED) is 0.0930. The van der Waals surface area contributed by atoms with E-state index in [4.69, 9.17) is 11.6 Å². The summed E-state index contributed by atoms with van der Waals surface area (Å²) in [5.41, 5.74) is 0. The molecule has 2 bridgehead atoms. The van der Waals surface area contributed by atoms with E-state index < -0.39 is 15.6 Å². The third-order valence-corrected chi connectivity index (χ3v) is 3.69. The van der Waals surface area contributed by atoms with Crippen LogP contribution in [0.4, 0.5) is 54.8 Å². The third kappa shape index (κ3) is 20.3. The van der Waals surface area contributed by atoms with Crippen molar-refractivity contribution in [1.29, 1.82) is 0 Å². The molecule has 0 amide bonds. The van der Waals surface area contributed by atoms with E-state index in [2.05, 4.69) is 0 Å². The Hall–Kier alpha value is 0.160. The molecule has 0 aromatic carbocycles. The van der Waals surface area contributed by atoms with Crippen LogP contribution in [-0.2, 0) is 0 Å². The van der Waals surface area contributed by atoms with E-state index in [1.54, 1.807) is 0 Å². The summed E-state index contributed by atoms with van der Waals surface area (Å²) in [6.45, 7) is 4.81. The molecule has 18 heteroatoms. The van der Waals surface area contributed by atoms with Crippen LogP contribution >= 0.6 is 27.2 Å². The van der Waals surface area contributed by atoms with E-state index in [0.717, 1.165) is 24.1 Å². The fraction of sp³-hybridized carbons (Fsp3) is 1.00. The first-order valence-corrected chi connectivity index (χ1v) is 10.8. The van der Waals surface area contributed by atoms with Crippen LogP contribution in [0.3, 0.4) is 0 Å². The predicted molar refractivity (Wildman–Crippen MR) is 68.7 cm³/mol. The van der Waals surface area contributed by atoms with Crippen LogP contribution < -0.4 is 0 Å². The Morgan fingerprint density at radius 2 is 0.760 bits per heavy atom. The van der Waals surface area contributed by atoms with Gasteiger partial charge in [0.15, 0.2) is 25.6 Å². The Balaban J connectivity index is 0.000000366. The van der Waals surface area contributed by atoms with Gasteiger partial charge in [0.1, 0.15) is 19.6 Å². The van der Waals surface area contributed by atoms with Gasteiger partial charge in [-0.25, -0.2) is 0 Å². The van der Waals surface area contributed by atoms with Crippen molar-refractivity contribution in [2.75, 3.05) is 45.3 Å². The number of quaternary nitrogens is 2. The summed E-state index contributed by atoms with van der Waals surface area (Å²) in [6, 6.07) is 0.667. The van der Waals surface area contributed by atoms with Crippen molar-refractivity contribution in [2.24, 2.45) is 0 Å². The molecule has 2 nitrogen and oxygen atoms in total. The van der Waals surface area contributed by atoms with E-state index in [-0.39, 0.29) is 4.71 Å². The van der Waals surface area contributed by atoms with Gasteiger partial charge < -0.3 is 0 Å². The normalized spacial score (nSPS) is 34.8. The fourth-order valence-corrected chi connectivity index (χ4v) is 2.38. The Morgan fingerprint density at radius 3 is 0.920 bits per heavy atom. The Morgan fingerprint density at radius 1 is 0.560 bits per heavy atom. The van der Waals surface area contributed by atoms with Crippen LogP contribution in [0, 0.1) is 0 Å². The van der Waals surface area contributed by atoms with Crippen molar-refractivity contribution in [3.05, 3.63) is 0 Å². The summed E-state index contributed by atoms with van der Waals surface area (Å²) in [5, 5.41) is 0. The standard InChI is InChI=1S/C7H14ClFN2.2F6P/c8-7-10-1-4-11(9,5-2-10)6-3-10;2*1-7(2,3,4,5)6/h1-7H2;;/q+2;2*-1. The van der Waals surface area contributed by atoms with Crippen molar-refractivity contribution in [3.8, 4) is 0 Å². The van der Waals surface area contributed by atoms with Gasteiger partial charge in [-0.2, -0.15) is 0 Å². The van der Waals surface area contributed by atoms with Crippen LogP contribution in [-0.4, -0.2) is 54.5 Å². The van der Waals surface area contributed by atoms with Crippen LogP contribution in [0.15, 0.2) is 0 Å². The maximum atomic E-state index is 13.5. The number of piperazine rings is 3. The summed E-state index contributed by atoms with van der Waals surface area (Å²) in [6.07, 6.45) is 0. The Bertz CT molecular complexity index is 419. The molecule has 0 atom stereocenters. The van der Waals surface area contributed by atoms with Gasteiger partial charge in [0.25, 0.3) is 0 Å². The molecule has 0 unspecified atom stereocenters. The first-order valence-electron chi connectivity index (χ1n) is 6.18. The third-order valence-electron chi connectivity index (χ3n) is 3.18. The molecule has 3 aliphatic rings. The van der Waals surface area contributed by atoms with E-state index >= 15 is 0 Å². The zero-order chi connectivity index (χ0) is 20.8. The maximum absolute atomic E-state index is 13.5. The second-order valence-corrected chi connectivity index (χ2v) is 9.82. The molecule has 25 heavy (non-hydrogen) atoms. The zero-order valence-corrected chi connectivity index (χ0v) is 14.6. The van der Waals surface area contributed by atoms with Crippen LogP contribution in [0.1, 0.15) is 0 Å². The fourth-order valence-electron chi connectivity index (χ4n) is 2.02. The average molecular weight is 471 g/mol. The molecule has 160 valence electrons. The van der Waals surface area contributed by atoms with E-state index in [1.165, 1.54) is 0 Å². The van der Waals surface area contributed by atoms with Gasteiger partial charge >= 0.3 is 66.0 Å². The number of halogens is 14. The van der Waals surface area contributed by atoms with Gasteiger partial charge in [0.2, 0.25) is 0 Å². The van der Waals surface area contributed by atoms with Crippen molar-refractivity contribution < 1.29 is 64.0 Å². The minimum atomic E-state index is -10.7. The van der Waals surface area contributed by atoms with Crippen LogP contribution in [0.5, 0.6) is 0 Å². The van der Waals surface area contributed by atoms with Gasteiger partial charge in [-0.15, -0.1) is 4.71 Å². The molecule has 0 radical (unpaired) electrons. The first-order chi connectivity index (χ1) is 10.1.